The number of rotatable bonds is 12. The van der Waals surface area contributed by atoms with Crippen molar-refractivity contribution >= 4 is 24.1 Å². The fourth-order valence-corrected chi connectivity index (χ4v) is 3.72. The van der Waals surface area contributed by atoms with Crippen LogP contribution in [-0.2, 0) is 25.5 Å². The van der Waals surface area contributed by atoms with Crippen molar-refractivity contribution < 1.29 is 47.6 Å². The molecule has 0 unspecified atom stereocenters. The summed E-state index contributed by atoms with van der Waals surface area (Å²) in [5.74, 6) is -0.516. The molecule has 16 nitrogen and oxygen atoms in total. The van der Waals surface area contributed by atoms with Crippen LogP contribution < -0.4 is 20.1 Å². The van der Waals surface area contributed by atoms with Gasteiger partial charge in [0.15, 0.2) is 5.69 Å². The molecular formula is C33H48N6O10. The molecule has 2 aromatic heterocycles. The van der Waals surface area contributed by atoms with E-state index in [2.05, 4.69) is 30.7 Å². The smallest absolute Gasteiger partial charge is 0.407 e. The summed E-state index contributed by atoms with van der Waals surface area (Å²) in [6.45, 7) is 15.0. The van der Waals surface area contributed by atoms with Crippen molar-refractivity contribution in [2.24, 2.45) is 0 Å². The number of nitrogens with zero attached hydrogens (tertiary/aromatic N) is 3. The number of benzene rings is 1. The van der Waals surface area contributed by atoms with Crippen molar-refractivity contribution in [1.29, 1.82) is 0 Å². The molecule has 2 amide bonds. The number of H-pyrrole nitrogens is 1. The van der Waals surface area contributed by atoms with Gasteiger partial charge in [-0.2, -0.15) is 0 Å². The molecule has 3 N–H and O–H groups in total. The van der Waals surface area contributed by atoms with Crippen LogP contribution in [-0.4, -0.2) is 94.8 Å². The highest BCUT2D eigenvalue weighted by Gasteiger charge is 2.21. The third-order valence-corrected chi connectivity index (χ3v) is 5.78. The Kier molecular flexibility index (Phi) is 14.9. The van der Waals surface area contributed by atoms with Gasteiger partial charge in [-0.25, -0.2) is 23.9 Å². The third-order valence-electron chi connectivity index (χ3n) is 5.78. The van der Waals surface area contributed by atoms with Gasteiger partial charge in [-0.15, -0.1) is 10.2 Å². The highest BCUT2D eigenvalue weighted by Crippen LogP contribution is 2.16. The van der Waals surface area contributed by atoms with Crippen molar-refractivity contribution in [1.82, 2.24) is 30.6 Å². The molecule has 0 aliphatic carbocycles. The maximum absolute atomic E-state index is 12.0. The summed E-state index contributed by atoms with van der Waals surface area (Å²) in [5, 5.41) is 16.0. The summed E-state index contributed by atoms with van der Waals surface area (Å²) in [5.41, 5.74) is 0.343. The molecule has 3 aromatic rings. The zero-order chi connectivity index (χ0) is 36.8. The Morgan fingerprint density at radius 3 is 1.78 bits per heavy atom. The maximum atomic E-state index is 12.0. The predicted molar refractivity (Wildman–Crippen MR) is 178 cm³/mol. The lowest BCUT2D eigenvalue weighted by molar-refractivity contribution is 0.0482. The van der Waals surface area contributed by atoms with Crippen LogP contribution in [0.4, 0.5) is 9.59 Å². The SMILES string of the molecule is COC(=O)c1cc(OC[C@H](C)NC(=O)OC(C)(C)C)n[nH]1.COC(=O)c1cc(OC[C@H](C)NC(=O)OC(C)(C)C)nn1Cc1ccccc1. The van der Waals surface area contributed by atoms with Gasteiger partial charge in [-0.1, -0.05) is 30.3 Å². The van der Waals surface area contributed by atoms with Gasteiger partial charge in [0.25, 0.3) is 0 Å². The van der Waals surface area contributed by atoms with Crippen LogP contribution in [0.5, 0.6) is 11.8 Å². The Labute approximate surface area is 286 Å². The molecule has 0 aliphatic rings. The fourth-order valence-electron chi connectivity index (χ4n) is 3.72. The number of hydrogen-bond donors (Lipinski definition) is 3. The minimum Gasteiger partial charge on any atom is -0.474 e. The molecule has 49 heavy (non-hydrogen) atoms. The first-order valence-corrected chi connectivity index (χ1v) is 15.5. The average Bonchev–Trinajstić information content (AvgIpc) is 3.64. The number of alkyl carbamates (subject to hydrolysis) is 2. The molecule has 0 bridgehead atoms. The Balaban J connectivity index is 0.000000355. The summed E-state index contributed by atoms with van der Waals surface area (Å²) in [6, 6.07) is 12.0. The quantitative estimate of drug-likeness (QED) is 0.178. The van der Waals surface area contributed by atoms with Gasteiger partial charge in [-0.3, -0.25) is 5.10 Å². The van der Waals surface area contributed by atoms with Gasteiger partial charge in [0.05, 0.1) is 32.8 Å². The van der Waals surface area contributed by atoms with E-state index in [9.17, 15) is 19.2 Å². The molecule has 0 aliphatic heterocycles. The van der Waals surface area contributed by atoms with E-state index in [4.69, 9.17) is 23.7 Å². The van der Waals surface area contributed by atoms with Crippen LogP contribution >= 0.6 is 0 Å². The van der Waals surface area contributed by atoms with Crippen LogP contribution in [0.3, 0.4) is 0 Å². The van der Waals surface area contributed by atoms with Crippen molar-refractivity contribution in [3.8, 4) is 11.8 Å². The zero-order valence-corrected chi connectivity index (χ0v) is 29.7. The second-order valence-corrected chi connectivity index (χ2v) is 12.8. The molecule has 0 saturated heterocycles. The van der Waals surface area contributed by atoms with E-state index in [1.165, 1.54) is 31.0 Å². The van der Waals surface area contributed by atoms with Crippen molar-refractivity contribution in [2.75, 3.05) is 27.4 Å². The number of aromatic nitrogens is 4. The molecule has 0 saturated carbocycles. The van der Waals surface area contributed by atoms with Gasteiger partial charge >= 0.3 is 24.1 Å². The van der Waals surface area contributed by atoms with Crippen LogP contribution in [0.15, 0.2) is 42.5 Å². The maximum Gasteiger partial charge on any atom is 0.407 e. The largest absolute Gasteiger partial charge is 0.474 e. The van der Waals surface area contributed by atoms with E-state index < -0.39 is 35.3 Å². The van der Waals surface area contributed by atoms with E-state index in [-0.39, 0.29) is 48.4 Å². The Morgan fingerprint density at radius 1 is 0.776 bits per heavy atom. The standard InChI is InChI=1S/C20H27N3O5.C13H21N3O5/c1-14(21-19(25)28-20(2,3)4)13-27-17-11-16(18(24)26-5)23(22-17)12-15-9-7-6-8-10-15;1-8(14-12(18)21-13(2,3)4)7-20-10-6-9(15-16-10)11(17)19-5/h6-11,14H,12-13H2,1-5H3,(H,21,25);6,8H,7H2,1-5H3,(H,14,18)(H,15,16)/t14-;8-/m00/s1. The highest BCUT2D eigenvalue weighted by atomic mass is 16.6. The minimum atomic E-state index is -0.573. The normalized spacial score (nSPS) is 12.3. The van der Waals surface area contributed by atoms with Crippen LogP contribution in [0.1, 0.15) is 81.9 Å². The van der Waals surface area contributed by atoms with Gasteiger partial charge in [0.1, 0.15) is 30.1 Å². The van der Waals surface area contributed by atoms with Gasteiger partial charge in [0, 0.05) is 12.1 Å². The molecule has 2 atom stereocenters. The molecule has 270 valence electrons. The summed E-state index contributed by atoms with van der Waals surface area (Å²) in [7, 11) is 2.59. The first-order chi connectivity index (χ1) is 22.9. The first kappa shape index (κ1) is 39.9. The lowest BCUT2D eigenvalue weighted by Gasteiger charge is -2.21. The third kappa shape index (κ3) is 15.4. The number of carbonyl (C=O) groups excluding carboxylic acids is 4. The number of ether oxygens (including phenoxy) is 6. The van der Waals surface area contributed by atoms with E-state index in [1.54, 1.807) is 55.4 Å². The van der Waals surface area contributed by atoms with E-state index in [0.717, 1.165) is 5.56 Å². The van der Waals surface area contributed by atoms with Gasteiger partial charge in [-0.05, 0) is 61.0 Å². The van der Waals surface area contributed by atoms with Crippen molar-refractivity contribution in [3.05, 3.63) is 59.4 Å². The molecule has 0 radical (unpaired) electrons. The Bertz CT molecular complexity index is 1510. The molecule has 3 rings (SSSR count). The molecule has 16 heteroatoms. The lowest BCUT2D eigenvalue weighted by Crippen LogP contribution is -2.40. The molecular weight excluding hydrogens is 640 g/mol. The highest BCUT2D eigenvalue weighted by molar-refractivity contribution is 5.88. The van der Waals surface area contributed by atoms with Crippen molar-refractivity contribution in [2.45, 2.75) is 85.2 Å². The summed E-state index contributed by atoms with van der Waals surface area (Å²) >= 11 is 0. The fraction of sp³-hybridized carbons (Fsp3) is 0.515. The molecule has 1 aromatic carbocycles. The predicted octanol–water partition coefficient (Wildman–Crippen LogP) is 4.50. The number of amides is 2. The van der Waals surface area contributed by atoms with Crippen molar-refractivity contribution in [3.63, 3.8) is 0 Å². The molecule has 2 heterocycles. The second kappa shape index (κ2) is 18.3. The van der Waals surface area contributed by atoms with E-state index in [1.807, 2.05) is 30.3 Å². The van der Waals surface area contributed by atoms with Crippen LogP contribution in [0, 0.1) is 0 Å². The van der Waals surface area contributed by atoms with Gasteiger partial charge in [0.2, 0.25) is 11.8 Å². The molecule has 0 spiro atoms. The lowest BCUT2D eigenvalue weighted by atomic mass is 10.2. The number of nitrogens with one attached hydrogen (secondary N) is 3. The van der Waals surface area contributed by atoms with Crippen LogP contribution in [0.25, 0.3) is 0 Å². The summed E-state index contributed by atoms with van der Waals surface area (Å²) < 4.78 is 32.2. The second-order valence-electron chi connectivity index (χ2n) is 12.8. The van der Waals surface area contributed by atoms with E-state index >= 15 is 0 Å². The Hall–Kier alpha value is -5.28. The minimum absolute atomic E-state index is 0.169. The number of hydrogen-bond acceptors (Lipinski definition) is 12. The summed E-state index contributed by atoms with van der Waals surface area (Å²) in [6.07, 6.45) is -1.04. The zero-order valence-electron chi connectivity index (χ0n) is 29.7. The van der Waals surface area contributed by atoms with E-state index in [0.29, 0.717) is 6.54 Å². The van der Waals surface area contributed by atoms with Gasteiger partial charge < -0.3 is 39.1 Å². The average molecular weight is 689 g/mol. The number of methoxy groups -OCH3 is 2. The topological polar surface area (TPSA) is 194 Å². The first-order valence-electron chi connectivity index (χ1n) is 15.5. The number of carbonyl (C=O) groups is 4. The van der Waals surface area contributed by atoms with Crippen LogP contribution in [0.2, 0.25) is 0 Å². The molecule has 0 fully saturated rings. The Morgan fingerprint density at radius 2 is 1.29 bits per heavy atom. The monoisotopic (exact) mass is 688 g/mol. The summed E-state index contributed by atoms with van der Waals surface area (Å²) in [4.78, 5) is 46.6. The number of aromatic amines is 1. The number of esters is 2.